The maximum Gasteiger partial charge on any atom is 0.234 e. The first-order chi connectivity index (χ1) is 6.33. The minimum absolute atomic E-state index is 0.0750. The van der Waals surface area contributed by atoms with Gasteiger partial charge in [-0.2, -0.15) is 0 Å². The zero-order valence-corrected chi connectivity index (χ0v) is 7.58. The highest BCUT2D eigenvalue weighted by molar-refractivity contribution is 5.77. The molecule has 0 saturated carbocycles. The average Bonchev–Trinajstić information content (AvgIpc) is 2.16. The van der Waals surface area contributed by atoms with Crippen molar-refractivity contribution in [2.24, 2.45) is 0 Å². The molecule has 0 aromatic heterocycles. The summed E-state index contributed by atoms with van der Waals surface area (Å²) in [6.07, 6.45) is 1.35. The van der Waals surface area contributed by atoms with E-state index >= 15 is 0 Å². The number of amides is 1. The van der Waals surface area contributed by atoms with Crippen LogP contribution >= 0.6 is 0 Å². The van der Waals surface area contributed by atoms with E-state index in [0.29, 0.717) is 6.42 Å². The van der Waals surface area contributed by atoms with E-state index in [1.807, 2.05) is 5.01 Å². The number of rotatable bonds is 4. The maximum absolute atomic E-state index is 11.1. The normalized spacial score (nSPS) is 18.2. The second-order valence-corrected chi connectivity index (χ2v) is 2.98. The van der Waals surface area contributed by atoms with E-state index in [-0.39, 0.29) is 12.3 Å². The van der Waals surface area contributed by atoms with E-state index in [1.165, 1.54) is 0 Å². The van der Waals surface area contributed by atoms with Crippen molar-refractivity contribution in [3.05, 3.63) is 0 Å². The molecular weight excluding hydrogens is 170 g/mol. The molecule has 0 unspecified atom stereocenters. The van der Waals surface area contributed by atoms with Gasteiger partial charge in [-0.25, -0.2) is 5.01 Å². The first kappa shape index (κ1) is 10.1. The summed E-state index contributed by atoms with van der Waals surface area (Å²) in [5.41, 5.74) is 2.75. The second-order valence-electron chi connectivity index (χ2n) is 2.98. The number of nitrogens with zero attached hydrogens (tertiary/aromatic N) is 1. The Morgan fingerprint density at radius 1 is 1.46 bits per heavy atom. The first-order valence-corrected chi connectivity index (χ1v) is 4.51. The SMILES string of the molecule is O=CCCC(=O)NN1CCNCC1. The zero-order chi connectivity index (χ0) is 9.52. The van der Waals surface area contributed by atoms with Crippen molar-refractivity contribution in [1.82, 2.24) is 15.8 Å². The van der Waals surface area contributed by atoms with Crippen LogP contribution in [-0.4, -0.2) is 43.4 Å². The minimum atomic E-state index is -0.0750. The van der Waals surface area contributed by atoms with E-state index in [0.717, 1.165) is 32.5 Å². The number of hydrazine groups is 1. The maximum atomic E-state index is 11.1. The fourth-order valence-electron chi connectivity index (χ4n) is 1.20. The van der Waals surface area contributed by atoms with Crippen LogP contribution in [-0.2, 0) is 9.59 Å². The smallest absolute Gasteiger partial charge is 0.234 e. The van der Waals surface area contributed by atoms with Gasteiger partial charge in [-0.3, -0.25) is 10.2 Å². The topological polar surface area (TPSA) is 61.4 Å². The Morgan fingerprint density at radius 3 is 2.77 bits per heavy atom. The van der Waals surface area contributed by atoms with Crippen molar-refractivity contribution in [2.75, 3.05) is 26.2 Å². The molecule has 1 saturated heterocycles. The summed E-state index contributed by atoms with van der Waals surface area (Å²) >= 11 is 0. The fraction of sp³-hybridized carbons (Fsp3) is 0.750. The van der Waals surface area contributed by atoms with Gasteiger partial charge in [0, 0.05) is 39.0 Å². The van der Waals surface area contributed by atoms with Crippen molar-refractivity contribution in [3.63, 3.8) is 0 Å². The van der Waals surface area contributed by atoms with Gasteiger partial charge in [-0.05, 0) is 0 Å². The molecule has 5 nitrogen and oxygen atoms in total. The van der Waals surface area contributed by atoms with Crippen LogP contribution in [0, 0.1) is 0 Å². The number of aldehydes is 1. The number of nitrogens with one attached hydrogen (secondary N) is 2. The van der Waals surface area contributed by atoms with Crippen LogP contribution in [0.2, 0.25) is 0 Å². The average molecular weight is 185 g/mol. The van der Waals surface area contributed by atoms with Crippen molar-refractivity contribution in [2.45, 2.75) is 12.8 Å². The van der Waals surface area contributed by atoms with E-state index in [9.17, 15) is 9.59 Å². The summed E-state index contributed by atoms with van der Waals surface area (Å²) in [4.78, 5) is 21.1. The molecule has 2 N–H and O–H groups in total. The van der Waals surface area contributed by atoms with Gasteiger partial charge in [0.25, 0.3) is 0 Å². The van der Waals surface area contributed by atoms with E-state index in [2.05, 4.69) is 10.7 Å². The first-order valence-electron chi connectivity index (χ1n) is 4.51. The molecule has 1 rings (SSSR count). The van der Waals surface area contributed by atoms with Gasteiger partial charge in [-0.15, -0.1) is 0 Å². The quantitative estimate of drug-likeness (QED) is 0.546. The second kappa shape index (κ2) is 5.66. The van der Waals surface area contributed by atoms with Crippen LogP contribution in [0.5, 0.6) is 0 Å². The third-order valence-corrected chi connectivity index (χ3v) is 1.89. The van der Waals surface area contributed by atoms with Crippen LogP contribution in [0.15, 0.2) is 0 Å². The largest absolute Gasteiger partial charge is 0.314 e. The highest BCUT2D eigenvalue weighted by Crippen LogP contribution is 1.90. The molecule has 0 bridgehead atoms. The van der Waals surface area contributed by atoms with Gasteiger partial charge in [0.1, 0.15) is 6.29 Å². The molecule has 74 valence electrons. The Kier molecular flexibility index (Phi) is 4.42. The molecule has 0 atom stereocenters. The standard InChI is InChI=1S/C8H15N3O2/c12-7-1-2-8(13)10-11-5-3-9-4-6-11/h7,9H,1-6H2,(H,10,13). The summed E-state index contributed by atoms with van der Waals surface area (Å²) in [7, 11) is 0. The molecule has 13 heavy (non-hydrogen) atoms. The highest BCUT2D eigenvalue weighted by Gasteiger charge is 2.11. The molecular formula is C8H15N3O2. The lowest BCUT2D eigenvalue weighted by Gasteiger charge is -2.27. The summed E-state index contributed by atoms with van der Waals surface area (Å²) in [5, 5.41) is 5.06. The minimum Gasteiger partial charge on any atom is -0.314 e. The summed E-state index contributed by atoms with van der Waals surface area (Å²) in [6.45, 7) is 3.45. The van der Waals surface area contributed by atoms with Crippen LogP contribution in [0.1, 0.15) is 12.8 Å². The van der Waals surface area contributed by atoms with Crippen LogP contribution in [0.25, 0.3) is 0 Å². The Morgan fingerprint density at radius 2 is 2.15 bits per heavy atom. The van der Waals surface area contributed by atoms with Gasteiger partial charge in [0.15, 0.2) is 0 Å². The van der Waals surface area contributed by atoms with Crippen LogP contribution in [0.4, 0.5) is 0 Å². The number of carbonyl (C=O) groups is 2. The van der Waals surface area contributed by atoms with Crippen LogP contribution in [0.3, 0.4) is 0 Å². The summed E-state index contributed by atoms with van der Waals surface area (Å²) in [6, 6.07) is 0. The molecule has 0 spiro atoms. The van der Waals surface area contributed by atoms with E-state index in [1.54, 1.807) is 0 Å². The van der Waals surface area contributed by atoms with E-state index in [4.69, 9.17) is 0 Å². The molecule has 0 aliphatic carbocycles. The lowest BCUT2D eigenvalue weighted by Crippen LogP contribution is -2.52. The van der Waals surface area contributed by atoms with Gasteiger partial charge in [0.2, 0.25) is 5.91 Å². The van der Waals surface area contributed by atoms with Gasteiger partial charge in [0.05, 0.1) is 0 Å². The molecule has 1 fully saturated rings. The van der Waals surface area contributed by atoms with Gasteiger partial charge < -0.3 is 10.1 Å². The highest BCUT2D eigenvalue weighted by atomic mass is 16.2. The molecule has 1 aliphatic rings. The van der Waals surface area contributed by atoms with E-state index < -0.39 is 0 Å². The number of piperazine rings is 1. The number of carbonyl (C=O) groups excluding carboxylic acids is 2. The number of hydrogen-bond donors (Lipinski definition) is 2. The van der Waals surface area contributed by atoms with Crippen molar-refractivity contribution >= 4 is 12.2 Å². The predicted octanol–water partition coefficient (Wildman–Crippen LogP) is -1.10. The third-order valence-electron chi connectivity index (χ3n) is 1.89. The number of hydrogen-bond acceptors (Lipinski definition) is 4. The lowest BCUT2D eigenvalue weighted by molar-refractivity contribution is -0.127. The van der Waals surface area contributed by atoms with Crippen molar-refractivity contribution < 1.29 is 9.59 Å². The Labute approximate surface area is 77.4 Å². The summed E-state index contributed by atoms with van der Waals surface area (Å²) < 4.78 is 0. The Bertz CT molecular complexity index is 178. The monoisotopic (exact) mass is 185 g/mol. The Hall–Kier alpha value is -0.940. The molecule has 1 aliphatic heterocycles. The molecule has 1 amide bonds. The molecule has 0 aromatic carbocycles. The van der Waals surface area contributed by atoms with Crippen LogP contribution < -0.4 is 10.7 Å². The molecule has 5 heteroatoms. The van der Waals surface area contributed by atoms with Gasteiger partial charge in [-0.1, -0.05) is 0 Å². The molecule has 0 radical (unpaired) electrons. The molecule has 1 heterocycles. The van der Waals surface area contributed by atoms with Gasteiger partial charge >= 0.3 is 0 Å². The molecule has 0 aromatic rings. The third kappa shape index (κ3) is 4.00. The lowest BCUT2D eigenvalue weighted by atomic mass is 10.3. The zero-order valence-electron chi connectivity index (χ0n) is 7.58. The predicted molar refractivity (Wildman–Crippen MR) is 47.9 cm³/mol. The summed E-state index contributed by atoms with van der Waals surface area (Å²) in [5.74, 6) is -0.0750. The van der Waals surface area contributed by atoms with Crippen molar-refractivity contribution in [3.8, 4) is 0 Å². The Balaban J connectivity index is 2.14. The fourth-order valence-corrected chi connectivity index (χ4v) is 1.20. The van der Waals surface area contributed by atoms with Crippen molar-refractivity contribution in [1.29, 1.82) is 0 Å².